The molecule has 3 atom stereocenters. The Morgan fingerprint density at radius 1 is 1.00 bits per heavy atom. The van der Waals surface area contributed by atoms with Gasteiger partial charge in [0.25, 0.3) is 0 Å². The normalized spacial score (nSPS) is 42.2. The molecule has 1 saturated heterocycles. The van der Waals surface area contributed by atoms with Crippen molar-refractivity contribution in [1.29, 1.82) is 0 Å². The minimum Gasteiger partial charge on any atom is -0.368 e. The molecule has 0 aromatic heterocycles. The van der Waals surface area contributed by atoms with Gasteiger partial charge >= 0.3 is 0 Å². The monoisotopic (exact) mass is 262 g/mol. The topological polar surface area (TPSA) is 9.23 Å². The largest absolute Gasteiger partial charge is 0.368 e. The minimum atomic E-state index is 0.0732. The lowest BCUT2D eigenvalue weighted by molar-refractivity contribution is -0.0145. The summed E-state index contributed by atoms with van der Waals surface area (Å²) < 4.78 is 6.49. The summed E-state index contributed by atoms with van der Waals surface area (Å²) in [5.41, 5.74) is 4.11. The minimum absolute atomic E-state index is 0.0732. The van der Waals surface area contributed by atoms with Crippen LogP contribution in [0.25, 0.3) is 0 Å². The average Bonchev–Trinajstić information content (AvgIpc) is 2.65. The van der Waals surface area contributed by atoms with Crippen molar-refractivity contribution in [1.82, 2.24) is 0 Å². The summed E-state index contributed by atoms with van der Waals surface area (Å²) in [6, 6.07) is 0. The van der Waals surface area contributed by atoms with Gasteiger partial charge in [0.1, 0.15) is 0 Å². The Hall–Kier alpha value is -0.300. The van der Waals surface area contributed by atoms with Gasteiger partial charge in [-0.05, 0) is 61.3 Å². The van der Waals surface area contributed by atoms with Crippen molar-refractivity contribution < 1.29 is 4.74 Å². The zero-order chi connectivity index (χ0) is 14.2. The smallest absolute Gasteiger partial charge is 0.0829 e. The van der Waals surface area contributed by atoms with Gasteiger partial charge in [0.05, 0.1) is 11.7 Å². The molecule has 1 heterocycles. The van der Waals surface area contributed by atoms with E-state index >= 15 is 0 Å². The first-order chi connectivity index (χ1) is 8.57. The van der Waals surface area contributed by atoms with E-state index in [0.29, 0.717) is 22.9 Å². The van der Waals surface area contributed by atoms with E-state index in [1.54, 1.807) is 11.1 Å². The van der Waals surface area contributed by atoms with Crippen LogP contribution in [0.5, 0.6) is 0 Å². The van der Waals surface area contributed by atoms with Crippen molar-refractivity contribution in [3.8, 4) is 0 Å². The van der Waals surface area contributed by atoms with Gasteiger partial charge in [0.15, 0.2) is 0 Å². The summed E-state index contributed by atoms with van der Waals surface area (Å²) in [6.07, 6.45) is 4.27. The van der Waals surface area contributed by atoms with Crippen LogP contribution in [-0.2, 0) is 4.74 Å². The molecule has 2 aliphatic carbocycles. The highest BCUT2D eigenvalue weighted by atomic mass is 16.5. The van der Waals surface area contributed by atoms with Gasteiger partial charge in [-0.2, -0.15) is 0 Å². The summed E-state index contributed by atoms with van der Waals surface area (Å²) in [5, 5.41) is 0. The summed E-state index contributed by atoms with van der Waals surface area (Å²) in [7, 11) is 0. The Labute approximate surface area is 118 Å². The highest BCUT2D eigenvalue weighted by Gasteiger charge is 2.57. The first kappa shape index (κ1) is 13.7. The first-order valence-electron chi connectivity index (χ1n) is 7.99. The molecule has 0 radical (unpaired) electrons. The van der Waals surface area contributed by atoms with Crippen LogP contribution < -0.4 is 0 Å². The molecule has 0 aromatic rings. The van der Waals surface area contributed by atoms with Crippen molar-refractivity contribution in [2.45, 2.75) is 79.4 Å². The van der Waals surface area contributed by atoms with Crippen molar-refractivity contribution in [3.05, 3.63) is 11.1 Å². The molecule has 0 spiro atoms. The second-order valence-electron chi connectivity index (χ2n) is 8.86. The molecule has 3 aliphatic rings. The third kappa shape index (κ3) is 1.70. The fourth-order valence-corrected chi connectivity index (χ4v) is 5.23. The molecular formula is C18H30O. The molecule has 0 saturated carbocycles. The molecular weight excluding hydrogens is 232 g/mol. The highest BCUT2D eigenvalue weighted by molar-refractivity contribution is 5.40. The Kier molecular flexibility index (Phi) is 2.64. The predicted octanol–water partition coefficient (Wildman–Crippen LogP) is 4.96. The summed E-state index contributed by atoms with van der Waals surface area (Å²) in [6.45, 7) is 16.7. The standard InChI is InChI=1S/C18H30O/c1-11-17(4,5)13-9-8-12-10-16(2,3)19-15(12)14(13)18(11,6)7/h11-12,15H,8-10H2,1-7H3. The van der Waals surface area contributed by atoms with Crippen molar-refractivity contribution in [3.63, 3.8) is 0 Å². The van der Waals surface area contributed by atoms with E-state index in [1.807, 2.05) is 0 Å². The van der Waals surface area contributed by atoms with E-state index in [9.17, 15) is 0 Å². The Bertz CT molecular complexity index is 439. The average molecular weight is 262 g/mol. The molecule has 0 N–H and O–H groups in total. The zero-order valence-electron chi connectivity index (χ0n) is 13.8. The third-order valence-corrected chi connectivity index (χ3v) is 6.64. The molecule has 3 unspecified atom stereocenters. The van der Waals surface area contributed by atoms with Crippen molar-refractivity contribution in [2.24, 2.45) is 22.7 Å². The zero-order valence-corrected chi connectivity index (χ0v) is 13.8. The second kappa shape index (κ2) is 3.67. The molecule has 108 valence electrons. The molecule has 1 aliphatic heterocycles. The van der Waals surface area contributed by atoms with E-state index < -0.39 is 0 Å². The van der Waals surface area contributed by atoms with Gasteiger partial charge in [-0.25, -0.2) is 0 Å². The molecule has 1 heteroatoms. The summed E-state index contributed by atoms with van der Waals surface area (Å²) in [4.78, 5) is 0. The van der Waals surface area contributed by atoms with E-state index in [4.69, 9.17) is 4.74 Å². The molecule has 1 nitrogen and oxygen atoms in total. The van der Waals surface area contributed by atoms with Crippen molar-refractivity contribution in [2.75, 3.05) is 0 Å². The quantitative estimate of drug-likeness (QED) is 0.560. The van der Waals surface area contributed by atoms with Gasteiger partial charge in [-0.3, -0.25) is 0 Å². The van der Waals surface area contributed by atoms with E-state index in [1.165, 1.54) is 19.3 Å². The highest BCUT2D eigenvalue weighted by Crippen LogP contribution is 2.63. The van der Waals surface area contributed by atoms with Gasteiger partial charge in [0, 0.05) is 0 Å². The molecule has 0 bridgehead atoms. The van der Waals surface area contributed by atoms with Crippen LogP contribution in [0.15, 0.2) is 11.1 Å². The lowest BCUT2D eigenvalue weighted by atomic mass is 9.69. The lowest BCUT2D eigenvalue weighted by Gasteiger charge is -2.36. The van der Waals surface area contributed by atoms with Gasteiger partial charge in [-0.1, -0.05) is 40.2 Å². The van der Waals surface area contributed by atoms with E-state index in [2.05, 4.69) is 48.5 Å². The number of hydrogen-bond donors (Lipinski definition) is 0. The Balaban J connectivity index is 2.08. The third-order valence-electron chi connectivity index (χ3n) is 6.64. The van der Waals surface area contributed by atoms with Crippen LogP contribution >= 0.6 is 0 Å². The van der Waals surface area contributed by atoms with Gasteiger partial charge in [0.2, 0.25) is 0 Å². The Morgan fingerprint density at radius 2 is 1.63 bits per heavy atom. The molecule has 1 fully saturated rings. The molecule has 19 heavy (non-hydrogen) atoms. The number of fused-ring (bicyclic) bond motifs is 2. The SMILES string of the molecule is CC1C(C)(C)C2=C(C3OC(C)(C)CC3CC2)C1(C)C. The fourth-order valence-electron chi connectivity index (χ4n) is 5.23. The number of ether oxygens (including phenoxy) is 1. The van der Waals surface area contributed by atoms with Crippen LogP contribution in [0, 0.1) is 22.7 Å². The second-order valence-corrected chi connectivity index (χ2v) is 8.86. The first-order valence-corrected chi connectivity index (χ1v) is 7.99. The predicted molar refractivity (Wildman–Crippen MR) is 80.0 cm³/mol. The van der Waals surface area contributed by atoms with E-state index in [-0.39, 0.29) is 5.60 Å². The summed E-state index contributed by atoms with van der Waals surface area (Å²) in [5.74, 6) is 1.46. The number of allylic oxidation sites excluding steroid dienone is 1. The Morgan fingerprint density at radius 3 is 2.26 bits per heavy atom. The van der Waals surface area contributed by atoms with Gasteiger partial charge < -0.3 is 4.74 Å². The number of hydrogen-bond acceptors (Lipinski definition) is 1. The maximum atomic E-state index is 6.49. The van der Waals surface area contributed by atoms with E-state index in [0.717, 1.165) is 5.92 Å². The van der Waals surface area contributed by atoms with Crippen LogP contribution in [0.3, 0.4) is 0 Å². The maximum Gasteiger partial charge on any atom is 0.0829 e. The number of rotatable bonds is 0. The molecule has 0 amide bonds. The van der Waals surface area contributed by atoms with Crippen LogP contribution in [-0.4, -0.2) is 11.7 Å². The van der Waals surface area contributed by atoms with Crippen LogP contribution in [0.1, 0.15) is 67.7 Å². The summed E-state index contributed by atoms with van der Waals surface area (Å²) >= 11 is 0. The lowest BCUT2D eigenvalue weighted by Crippen LogP contribution is -2.33. The fraction of sp³-hybridized carbons (Fsp3) is 0.889. The van der Waals surface area contributed by atoms with Gasteiger partial charge in [-0.15, -0.1) is 0 Å². The van der Waals surface area contributed by atoms with Crippen LogP contribution in [0.2, 0.25) is 0 Å². The van der Waals surface area contributed by atoms with Crippen LogP contribution in [0.4, 0.5) is 0 Å². The maximum absolute atomic E-state index is 6.49. The molecule has 3 rings (SSSR count). The molecule has 0 aromatic carbocycles. The van der Waals surface area contributed by atoms with Crippen molar-refractivity contribution >= 4 is 0 Å².